The highest BCUT2D eigenvalue weighted by Crippen LogP contribution is 2.30. The van der Waals surface area contributed by atoms with E-state index in [4.69, 9.17) is 14.1 Å². The number of ether oxygens (including phenoxy) is 1. The number of hydrogen-bond donors (Lipinski definition) is 1. The molecule has 0 aliphatic carbocycles. The summed E-state index contributed by atoms with van der Waals surface area (Å²) in [5.41, 5.74) is 6.16. The van der Waals surface area contributed by atoms with Crippen LogP contribution in [0.4, 0.5) is 0 Å². The normalized spacial score (nSPS) is 14.9. The molecule has 1 fully saturated rings. The molecule has 0 saturated carbocycles. The van der Waals surface area contributed by atoms with Crippen molar-refractivity contribution < 1.29 is 14.1 Å². The van der Waals surface area contributed by atoms with Gasteiger partial charge in [-0.3, -0.25) is 18.9 Å². The summed E-state index contributed by atoms with van der Waals surface area (Å²) in [4.78, 5) is 38.9. The molecule has 2 aromatic carbocycles. The first-order chi connectivity index (χ1) is 23.0. The van der Waals surface area contributed by atoms with E-state index in [9.17, 15) is 9.59 Å². The molecule has 6 rings (SSSR count). The smallest absolute Gasteiger partial charge is 0.392 e. The molecule has 1 N–H and O–H groups in total. The molecule has 1 aliphatic heterocycles. The second-order valence-corrected chi connectivity index (χ2v) is 12.0. The number of nitrogens with zero attached hydrogens (tertiary/aromatic N) is 6. The summed E-state index contributed by atoms with van der Waals surface area (Å²) in [6.45, 7) is 7.65. The maximum absolute atomic E-state index is 14.3. The third-order valence-corrected chi connectivity index (χ3v) is 8.78. The fraction of sp³-hybridized carbons (Fsp3) is 0.429. The topological polar surface area (TPSA) is 142 Å². The van der Waals surface area contributed by atoms with E-state index >= 15 is 0 Å². The van der Waals surface area contributed by atoms with Crippen LogP contribution in [0, 0.1) is 0 Å². The Bertz CT molecular complexity index is 1950. The van der Waals surface area contributed by atoms with Crippen molar-refractivity contribution in [3.63, 3.8) is 0 Å². The standard InChI is InChI=1S/C35H41N7O5/c1-4-8-31-30(21-24-12-14-25(15-13-24)28-9-6-7-10-29(28)32-38-35(44)47-40-32)33(43)41(34-36-22-37-42(31)34)23(3)11-16-26(5-2)39-46-27-17-19-45-20-18-27/h6-7,9-10,12-15,22-23,27H,4-5,8,11,16-21H2,1-3H3,(H,38,40,44)/b39-26-. The summed E-state index contributed by atoms with van der Waals surface area (Å²) in [7, 11) is 0. The van der Waals surface area contributed by atoms with Gasteiger partial charge in [0.25, 0.3) is 5.56 Å². The maximum Gasteiger partial charge on any atom is 0.439 e. The Hall–Kier alpha value is -4.84. The van der Waals surface area contributed by atoms with Gasteiger partial charge in [-0.25, -0.2) is 9.31 Å². The van der Waals surface area contributed by atoms with Crippen LogP contribution < -0.4 is 11.3 Å². The van der Waals surface area contributed by atoms with E-state index in [2.05, 4.69) is 46.2 Å². The fourth-order valence-corrected chi connectivity index (χ4v) is 6.16. The highest BCUT2D eigenvalue weighted by molar-refractivity contribution is 5.83. The Balaban J connectivity index is 1.27. The van der Waals surface area contributed by atoms with Crippen LogP contribution in [0.1, 0.15) is 82.2 Å². The molecule has 246 valence electrons. The predicted octanol–water partition coefficient (Wildman–Crippen LogP) is 5.75. The van der Waals surface area contributed by atoms with Gasteiger partial charge in [0.05, 0.1) is 24.6 Å². The number of hydrogen-bond acceptors (Lipinski definition) is 9. The number of benzene rings is 2. The van der Waals surface area contributed by atoms with Crippen LogP contribution in [0.3, 0.4) is 0 Å². The second kappa shape index (κ2) is 14.7. The molecule has 0 spiro atoms. The Morgan fingerprint density at radius 3 is 2.55 bits per heavy atom. The van der Waals surface area contributed by atoms with Gasteiger partial charge in [0.1, 0.15) is 12.4 Å². The number of aryl methyl sites for hydroxylation is 1. The number of oxime groups is 1. The summed E-state index contributed by atoms with van der Waals surface area (Å²) < 4.78 is 13.8. The van der Waals surface area contributed by atoms with Crippen LogP contribution in [0.2, 0.25) is 0 Å². The van der Waals surface area contributed by atoms with Crippen molar-refractivity contribution in [3.05, 3.63) is 92.6 Å². The minimum atomic E-state index is -0.601. The molecule has 0 amide bonds. The Morgan fingerprint density at radius 1 is 1.09 bits per heavy atom. The molecule has 1 saturated heterocycles. The number of H-pyrrole nitrogens is 1. The summed E-state index contributed by atoms with van der Waals surface area (Å²) >= 11 is 0. The van der Waals surface area contributed by atoms with E-state index in [0.717, 1.165) is 64.9 Å². The van der Waals surface area contributed by atoms with Crippen LogP contribution in [0.5, 0.6) is 0 Å². The first-order valence-electron chi connectivity index (χ1n) is 16.5. The summed E-state index contributed by atoms with van der Waals surface area (Å²) in [5, 5.41) is 12.9. The largest absolute Gasteiger partial charge is 0.439 e. The molecule has 0 radical (unpaired) electrons. The van der Waals surface area contributed by atoms with Crippen LogP contribution >= 0.6 is 0 Å². The SMILES string of the molecule is CCCc1c(Cc2ccc(-c3ccccc3-c3noc(=O)[nH]3)cc2)c(=O)n(C(C)CC/C(CC)=N\OC2CCOCC2)c2ncnn12. The van der Waals surface area contributed by atoms with E-state index in [1.54, 1.807) is 4.57 Å². The molecule has 47 heavy (non-hydrogen) atoms. The van der Waals surface area contributed by atoms with Gasteiger partial charge >= 0.3 is 5.76 Å². The number of aromatic amines is 1. The van der Waals surface area contributed by atoms with Gasteiger partial charge < -0.3 is 9.57 Å². The van der Waals surface area contributed by atoms with Crippen molar-refractivity contribution in [3.8, 4) is 22.5 Å². The van der Waals surface area contributed by atoms with Gasteiger partial charge in [0.2, 0.25) is 5.78 Å². The molecule has 1 atom stereocenters. The zero-order chi connectivity index (χ0) is 32.8. The third kappa shape index (κ3) is 7.12. The average molecular weight is 640 g/mol. The van der Waals surface area contributed by atoms with Crippen molar-refractivity contribution in [2.75, 3.05) is 13.2 Å². The van der Waals surface area contributed by atoms with Crippen LogP contribution in [-0.2, 0) is 22.4 Å². The van der Waals surface area contributed by atoms with Crippen molar-refractivity contribution >= 4 is 11.5 Å². The lowest BCUT2D eigenvalue weighted by molar-refractivity contribution is -0.0303. The molecule has 12 heteroatoms. The molecule has 3 aromatic heterocycles. The van der Waals surface area contributed by atoms with Gasteiger partial charge in [0.15, 0.2) is 5.82 Å². The van der Waals surface area contributed by atoms with Crippen LogP contribution in [-0.4, -0.2) is 54.3 Å². The molecular weight excluding hydrogens is 598 g/mol. The lowest BCUT2D eigenvalue weighted by atomic mass is 9.96. The van der Waals surface area contributed by atoms with E-state index in [-0.39, 0.29) is 17.7 Å². The first-order valence-corrected chi connectivity index (χ1v) is 16.5. The lowest BCUT2D eigenvalue weighted by Gasteiger charge is -2.21. The van der Waals surface area contributed by atoms with Gasteiger partial charge in [-0.05, 0) is 49.3 Å². The van der Waals surface area contributed by atoms with E-state index in [0.29, 0.717) is 50.5 Å². The van der Waals surface area contributed by atoms with Crippen molar-refractivity contribution in [1.82, 2.24) is 29.3 Å². The molecule has 0 bridgehead atoms. The van der Waals surface area contributed by atoms with Crippen LogP contribution in [0.15, 0.2) is 74.1 Å². The molecule has 5 aromatic rings. The monoisotopic (exact) mass is 639 g/mol. The predicted molar refractivity (Wildman–Crippen MR) is 179 cm³/mol. The van der Waals surface area contributed by atoms with Crippen molar-refractivity contribution in [2.45, 2.75) is 84.3 Å². The molecule has 1 unspecified atom stereocenters. The number of rotatable bonds is 13. The molecule has 1 aliphatic rings. The Morgan fingerprint density at radius 2 is 1.85 bits per heavy atom. The zero-order valence-electron chi connectivity index (χ0n) is 27.1. The Labute approximate surface area is 272 Å². The first kappa shape index (κ1) is 32.1. The average Bonchev–Trinajstić information content (AvgIpc) is 3.76. The van der Waals surface area contributed by atoms with Crippen molar-refractivity contribution in [2.24, 2.45) is 5.16 Å². The third-order valence-electron chi connectivity index (χ3n) is 8.78. The second-order valence-electron chi connectivity index (χ2n) is 12.0. The summed E-state index contributed by atoms with van der Waals surface area (Å²) in [6, 6.07) is 15.7. The van der Waals surface area contributed by atoms with Gasteiger partial charge in [-0.15, -0.1) is 0 Å². The van der Waals surface area contributed by atoms with Gasteiger partial charge in [0, 0.05) is 36.4 Å². The van der Waals surface area contributed by atoms with E-state index < -0.39 is 5.76 Å². The highest BCUT2D eigenvalue weighted by atomic mass is 16.6. The molecule has 12 nitrogen and oxygen atoms in total. The maximum atomic E-state index is 14.3. The lowest BCUT2D eigenvalue weighted by Crippen LogP contribution is -2.32. The van der Waals surface area contributed by atoms with E-state index in [1.807, 2.05) is 53.0 Å². The fourth-order valence-electron chi connectivity index (χ4n) is 6.16. The van der Waals surface area contributed by atoms with E-state index in [1.165, 1.54) is 6.33 Å². The van der Waals surface area contributed by atoms with Crippen molar-refractivity contribution in [1.29, 1.82) is 0 Å². The summed E-state index contributed by atoms with van der Waals surface area (Å²) in [5.74, 6) is 0.329. The summed E-state index contributed by atoms with van der Waals surface area (Å²) in [6.07, 6.45) is 7.55. The Kier molecular flexibility index (Phi) is 10.1. The number of aromatic nitrogens is 6. The number of nitrogens with one attached hydrogen (secondary N) is 1. The quantitative estimate of drug-likeness (QED) is 0.127. The minimum Gasteiger partial charge on any atom is -0.392 e. The zero-order valence-corrected chi connectivity index (χ0v) is 27.1. The molecular formula is C35H41N7O5. The minimum absolute atomic E-state index is 0.0423. The van der Waals surface area contributed by atoms with Crippen LogP contribution in [0.25, 0.3) is 28.3 Å². The van der Waals surface area contributed by atoms with Gasteiger partial charge in [-0.2, -0.15) is 10.1 Å². The molecule has 4 heterocycles. The van der Waals surface area contributed by atoms with Gasteiger partial charge in [-0.1, -0.05) is 79.1 Å². The number of fused-ring (bicyclic) bond motifs is 1. The highest BCUT2D eigenvalue weighted by Gasteiger charge is 2.22.